The molecule has 0 fully saturated rings. The van der Waals surface area contributed by atoms with Crippen LogP contribution in [0, 0.1) is 17.8 Å². The molecule has 0 heterocycles. The van der Waals surface area contributed by atoms with Gasteiger partial charge in [0, 0.05) is 5.92 Å². The number of rotatable bonds is 8. The van der Waals surface area contributed by atoms with Crippen molar-refractivity contribution in [1.29, 1.82) is 0 Å². The third-order valence-electron chi connectivity index (χ3n) is 3.04. The number of carboxylic acids is 1. The minimum Gasteiger partial charge on any atom is -0.481 e. The summed E-state index contributed by atoms with van der Waals surface area (Å²) in [5, 5.41) is 18.4. The second-order valence-electron chi connectivity index (χ2n) is 5.86. The van der Waals surface area contributed by atoms with Gasteiger partial charge in [-0.2, -0.15) is 0 Å². The Balaban J connectivity index is 0. The Morgan fingerprint density at radius 1 is 1.10 bits per heavy atom. The van der Waals surface area contributed by atoms with E-state index < -0.39 is 18.0 Å². The van der Waals surface area contributed by atoms with Crippen LogP contribution in [-0.2, 0) is 9.59 Å². The highest BCUT2D eigenvalue weighted by Gasteiger charge is 2.19. The smallest absolute Gasteiger partial charge is 0.306 e. The Labute approximate surface area is 122 Å². The maximum atomic E-state index is 10.7. The van der Waals surface area contributed by atoms with Crippen LogP contribution in [0.2, 0.25) is 0 Å². The van der Waals surface area contributed by atoms with Gasteiger partial charge in [0.05, 0.1) is 12.0 Å². The first-order chi connectivity index (χ1) is 9.11. The molecule has 120 valence electrons. The molecule has 0 spiro atoms. The van der Waals surface area contributed by atoms with E-state index in [9.17, 15) is 14.7 Å². The first kappa shape index (κ1) is 21.2. The summed E-state index contributed by atoms with van der Waals surface area (Å²) in [5.41, 5.74) is 4.80. The fraction of sp³-hybridized carbons (Fsp3) is 0.867. The van der Waals surface area contributed by atoms with E-state index in [1.54, 1.807) is 13.8 Å². The van der Waals surface area contributed by atoms with Crippen molar-refractivity contribution >= 4 is 11.9 Å². The number of aliphatic hydroxyl groups excluding tert-OH is 1. The molecule has 2 unspecified atom stereocenters. The van der Waals surface area contributed by atoms with Crippen molar-refractivity contribution in [2.45, 2.75) is 66.4 Å². The molecule has 0 aromatic heterocycles. The van der Waals surface area contributed by atoms with E-state index in [0.29, 0.717) is 25.2 Å². The quantitative estimate of drug-likeness (QED) is 0.638. The number of carbonyl (C=O) groups is 2. The maximum Gasteiger partial charge on any atom is 0.306 e. The predicted octanol–water partition coefficient (Wildman–Crippen LogP) is 2.41. The van der Waals surface area contributed by atoms with Crippen LogP contribution in [0.25, 0.3) is 0 Å². The highest BCUT2D eigenvalue weighted by molar-refractivity contribution is 5.75. The molecule has 0 aliphatic rings. The van der Waals surface area contributed by atoms with Gasteiger partial charge in [-0.05, 0) is 31.6 Å². The Morgan fingerprint density at radius 2 is 1.55 bits per heavy atom. The second kappa shape index (κ2) is 11.7. The van der Waals surface area contributed by atoms with Crippen molar-refractivity contribution in [3.8, 4) is 0 Å². The molecule has 0 aromatic carbocycles. The topological polar surface area (TPSA) is 101 Å². The van der Waals surface area contributed by atoms with Crippen molar-refractivity contribution in [3.63, 3.8) is 0 Å². The van der Waals surface area contributed by atoms with Gasteiger partial charge >= 0.3 is 5.97 Å². The molecule has 20 heavy (non-hydrogen) atoms. The SMILES string of the molecule is CC(C)C(N)=O.CCC(CC(O)CCC(C)C)C(=O)O. The van der Waals surface area contributed by atoms with Gasteiger partial charge in [-0.15, -0.1) is 0 Å². The van der Waals surface area contributed by atoms with Crippen LogP contribution in [0.3, 0.4) is 0 Å². The van der Waals surface area contributed by atoms with Gasteiger partial charge in [0.25, 0.3) is 0 Å². The van der Waals surface area contributed by atoms with Crippen molar-refractivity contribution in [3.05, 3.63) is 0 Å². The van der Waals surface area contributed by atoms with Crippen LogP contribution in [0.1, 0.15) is 60.3 Å². The predicted molar refractivity (Wildman–Crippen MR) is 80.1 cm³/mol. The van der Waals surface area contributed by atoms with E-state index >= 15 is 0 Å². The monoisotopic (exact) mass is 289 g/mol. The van der Waals surface area contributed by atoms with Gasteiger partial charge in [0.15, 0.2) is 0 Å². The lowest BCUT2D eigenvalue weighted by atomic mass is 9.95. The third kappa shape index (κ3) is 13.3. The van der Waals surface area contributed by atoms with E-state index in [0.717, 1.165) is 6.42 Å². The number of aliphatic hydroxyl groups is 1. The largest absolute Gasteiger partial charge is 0.481 e. The molecule has 2 atom stereocenters. The molecule has 1 amide bonds. The highest BCUT2D eigenvalue weighted by atomic mass is 16.4. The number of primary amides is 1. The number of carboxylic acid groups (broad SMARTS) is 1. The van der Waals surface area contributed by atoms with Gasteiger partial charge < -0.3 is 15.9 Å². The minimum atomic E-state index is -0.795. The third-order valence-corrected chi connectivity index (χ3v) is 3.04. The summed E-state index contributed by atoms with van der Waals surface area (Å²) in [6.45, 7) is 9.57. The highest BCUT2D eigenvalue weighted by Crippen LogP contribution is 2.16. The molecule has 0 saturated carbocycles. The van der Waals surface area contributed by atoms with Crippen molar-refractivity contribution in [1.82, 2.24) is 0 Å². The Kier molecular flexibility index (Phi) is 12.4. The van der Waals surface area contributed by atoms with E-state index in [2.05, 4.69) is 13.8 Å². The number of aliphatic carboxylic acids is 1. The molecular weight excluding hydrogens is 258 g/mol. The molecule has 5 heteroatoms. The van der Waals surface area contributed by atoms with Crippen LogP contribution < -0.4 is 5.73 Å². The summed E-state index contributed by atoms with van der Waals surface area (Å²) >= 11 is 0. The molecule has 4 N–H and O–H groups in total. The zero-order valence-electron chi connectivity index (χ0n) is 13.4. The van der Waals surface area contributed by atoms with Gasteiger partial charge in [-0.1, -0.05) is 34.6 Å². The van der Waals surface area contributed by atoms with Crippen molar-refractivity contribution < 1.29 is 19.8 Å². The lowest BCUT2D eigenvalue weighted by molar-refractivity contribution is -0.143. The fourth-order valence-electron chi connectivity index (χ4n) is 1.41. The zero-order valence-corrected chi connectivity index (χ0v) is 13.4. The number of hydrogen-bond donors (Lipinski definition) is 3. The molecule has 0 aliphatic carbocycles. The second-order valence-corrected chi connectivity index (χ2v) is 5.86. The first-order valence-electron chi connectivity index (χ1n) is 7.31. The van der Waals surface area contributed by atoms with Crippen LogP contribution in [0.5, 0.6) is 0 Å². The summed E-state index contributed by atoms with van der Waals surface area (Å²) in [6, 6.07) is 0. The summed E-state index contributed by atoms with van der Waals surface area (Å²) in [4.78, 5) is 20.6. The van der Waals surface area contributed by atoms with E-state index in [1.165, 1.54) is 0 Å². The van der Waals surface area contributed by atoms with Gasteiger partial charge in [0.2, 0.25) is 5.91 Å². The fourth-order valence-corrected chi connectivity index (χ4v) is 1.41. The standard InChI is InChI=1S/C11H22O3.C4H9NO/c1-4-9(11(13)14)7-10(12)6-5-8(2)3;1-3(2)4(5)6/h8-10,12H,4-7H2,1-3H3,(H,13,14);3H,1-2H3,(H2,5,6). The number of hydrogen-bond acceptors (Lipinski definition) is 3. The van der Waals surface area contributed by atoms with Gasteiger partial charge in [-0.25, -0.2) is 0 Å². The van der Waals surface area contributed by atoms with Crippen LogP contribution >= 0.6 is 0 Å². The lowest BCUT2D eigenvalue weighted by Crippen LogP contribution is -2.20. The van der Waals surface area contributed by atoms with Crippen LogP contribution in [0.15, 0.2) is 0 Å². The molecule has 0 rings (SSSR count). The van der Waals surface area contributed by atoms with E-state index in [-0.39, 0.29) is 11.8 Å². The lowest BCUT2D eigenvalue weighted by Gasteiger charge is -2.16. The van der Waals surface area contributed by atoms with Gasteiger partial charge in [0.1, 0.15) is 0 Å². The molecule has 0 aromatic rings. The van der Waals surface area contributed by atoms with Gasteiger partial charge in [-0.3, -0.25) is 9.59 Å². The van der Waals surface area contributed by atoms with E-state index in [4.69, 9.17) is 10.8 Å². The summed E-state index contributed by atoms with van der Waals surface area (Å²) in [6.07, 6.45) is 2.18. The molecule has 0 aliphatic heterocycles. The average Bonchev–Trinajstić information content (AvgIpc) is 2.33. The average molecular weight is 289 g/mol. The molecule has 0 bridgehead atoms. The molecular formula is C15H31NO4. The first-order valence-corrected chi connectivity index (χ1v) is 7.31. The number of nitrogens with two attached hydrogens (primary N) is 1. The molecule has 5 nitrogen and oxygen atoms in total. The summed E-state index contributed by atoms with van der Waals surface area (Å²) in [5.74, 6) is -0.872. The number of carbonyl (C=O) groups excluding carboxylic acids is 1. The minimum absolute atomic E-state index is 0.00926. The number of amides is 1. The molecule has 0 radical (unpaired) electrons. The van der Waals surface area contributed by atoms with E-state index in [1.807, 2.05) is 6.92 Å². The Morgan fingerprint density at radius 3 is 1.80 bits per heavy atom. The molecule has 0 saturated heterocycles. The van der Waals surface area contributed by atoms with Crippen LogP contribution in [-0.4, -0.2) is 28.2 Å². The normalized spacial score (nSPS) is 13.6. The van der Waals surface area contributed by atoms with Crippen molar-refractivity contribution in [2.24, 2.45) is 23.5 Å². The van der Waals surface area contributed by atoms with Crippen LogP contribution in [0.4, 0.5) is 0 Å². The Bertz CT molecular complexity index is 277. The Hall–Kier alpha value is -1.10. The summed E-state index contributed by atoms with van der Waals surface area (Å²) in [7, 11) is 0. The summed E-state index contributed by atoms with van der Waals surface area (Å²) < 4.78 is 0. The zero-order chi connectivity index (χ0) is 16.3. The maximum absolute atomic E-state index is 10.7. The van der Waals surface area contributed by atoms with Crippen molar-refractivity contribution in [2.75, 3.05) is 0 Å².